The predicted octanol–water partition coefficient (Wildman–Crippen LogP) is 3.35. The highest BCUT2D eigenvalue weighted by molar-refractivity contribution is 6.36. The first-order chi connectivity index (χ1) is 17.1. The van der Waals surface area contributed by atoms with Crippen molar-refractivity contribution < 1.29 is 9.53 Å². The number of alkyl halides is 1. The third kappa shape index (κ3) is 5.38. The van der Waals surface area contributed by atoms with Crippen LogP contribution in [-0.4, -0.2) is 64.4 Å². The monoisotopic (exact) mass is 487 g/mol. The van der Waals surface area contributed by atoms with Crippen molar-refractivity contribution in [2.45, 2.75) is 37.1 Å². The van der Waals surface area contributed by atoms with Crippen LogP contribution in [0.4, 0.5) is 5.82 Å². The van der Waals surface area contributed by atoms with Gasteiger partial charge in [-0.15, -0.1) is 11.6 Å². The van der Waals surface area contributed by atoms with Gasteiger partial charge in [-0.05, 0) is 42.4 Å². The van der Waals surface area contributed by atoms with Crippen LogP contribution < -0.4 is 15.5 Å². The zero-order valence-corrected chi connectivity index (χ0v) is 20.2. The molecule has 1 saturated heterocycles. The summed E-state index contributed by atoms with van der Waals surface area (Å²) in [6, 6.07) is 11.8. The van der Waals surface area contributed by atoms with Gasteiger partial charge < -0.3 is 15.0 Å². The van der Waals surface area contributed by atoms with Gasteiger partial charge in [0.05, 0.1) is 24.1 Å². The molecule has 2 radical (unpaired) electrons. The fraction of sp³-hybridized carbons (Fsp3) is 0.346. The van der Waals surface area contributed by atoms with E-state index in [0.29, 0.717) is 37.2 Å². The minimum atomic E-state index is -0.132. The lowest BCUT2D eigenvalue weighted by Gasteiger charge is -2.33. The van der Waals surface area contributed by atoms with Crippen LogP contribution in [0, 0.1) is 0 Å². The maximum atomic E-state index is 12.6. The van der Waals surface area contributed by atoms with Gasteiger partial charge in [-0.3, -0.25) is 4.79 Å². The molecule has 2 aromatic heterocycles. The first-order valence-corrected chi connectivity index (χ1v) is 12.4. The summed E-state index contributed by atoms with van der Waals surface area (Å²) < 4.78 is 7.41. The standard InChI is InChI=1S/C26H27BClN5O2/c27-21-17-29-33-24(16-23(31-26(21)33)20-8-4-5-9-22(20)28)30-18-10-13-32(14-11-18)25(34)12-15-35-19-6-2-1-3-7-19/h1-8,16-18,22,30H,9-15H2. The van der Waals surface area contributed by atoms with Crippen LogP contribution in [0.5, 0.6) is 5.75 Å². The number of aromatic nitrogens is 3. The van der Waals surface area contributed by atoms with E-state index in [1.807, 2.05) is 53.5 Å². The number of allylic oxidation sites excluding steroid dienone is 4. The van der Waals surface area contributed by atoms with Crippen LogP contribution in [0.15, 0.2) is 60.8 Å². The van der Waals surface area contributed by atoms with Crippen LogP contribution in [0.25, 0.3) is 11.2 Å². The van der Waals surface area contributed by atoms with E-state index in [-0.39, 0.29) is 17.3 Å². The van der Waals surface area contributed by atoms with Crippen molar-refractivity contribution >= 4 is 47.9 Å². The molecule has 3 heterocycles. The molecule has 1 aliphatic heterocycles. The minimum Gasteiger partial charge on any atom is -0.493 e. The number of anilines is 1. The van der Waals surface area contributed by atoms with Crippen LogP contribution in [0.3, 0.4) is 0 Å². The van der Waals surface area contributed by atoms with E-state index in [9.17, 15) is 4.79 Å². The Morgan fingerprint density at radius 1 is 1.23 bits per heavy atom. The summed E-state index contributed by atoms with van der Waals surface area (Å²) >= 11 is 6.56. The highest BCUT2D eigenvalue weighted by Gasteiger charge is 2.24. The van der Waals surface area contributed by atoms with Gasteiger partial charge in [-0.25, -0.2) is 4.98 Å². The number of piperidine rings is 1. The number of carbonyl (C=O) groups excluding carboxylic acids is 1. The summed E-state index contributed by atoms with van der Waals surface area (Å²) in [5.41, 5.74) is 2.89. The average molecular weight is 488 g/mol. The van der Waals surface area contributed by atoms with E-state index >= 15 is 0 Å². The second kappa shape index (κ2) is 10.6. The number of benzene rings is 1. The van der Waals surface area contributed by atoms with E-state index in [1.165, 1.54) is 0 Å². The molecule has 7 nitrogen and oxygen atoms in total. The Bertz CT molecular complexity index is 1250. The van der Waals surface area contributed by atoms with Crippen molar-refractivity contribution in [1.29, 1.82) is 0 Å². The summed E-state index contributed by atoms with van der Waals surface area (Å²) in [5.74, 6) is 1.73. The Balaban J connectivity index is 1.21. The largest absolute Gasteiger partial charge is 0.493 e. The topological polar surface area (TPSA) is 71.8 Å². The van der Waals surface area contributed by atoms with Crippen LogP contribution in [-0.2, 0) is 4.79 Å². The summed E-state index contributed by atoms with van der Waals surface area (Å²) in [6.07, 6.45) is 10.5. The van der Waals surface area contributed by atoms with Gasteiger partial charge in [0.25, 0.3) is 0 Å². The number of hydrogen-bond donors (Lipinski definition) is 1. The second-order valence-corrected chi connectivity index (χ2v) is 9.35. The highest BCUT2D eigenvalue weighted by atomic mass is 35.5. The Hall–Kier alpha value is -3.26. The number of para-hydroxylation sites is 1. The fourth-order valence-electron chi connectivity index (χ4n) is 4.49. The summed E-state index contributed by atoms with van der Waals surface area (Å²) in [4.78, 5) is 19.3. The van der Waals surface area contributed by atoms with Crippen LogP contribution in [0.2, 0.25) is 0 Å². The van der Waals surface area contributed by atoms with Crippen molar-refractivity contribution in [2.75, 3.05) is 25.0 Å². The van der Waals surface area contributed by atoms with E-state index in [0.717, 1.165) is 42.1 Å². The zero-order chi connectivity index (χ0) is 24.2. The summed E-state index contributed by atoms with van der Waals surface area (Å²) in [5, 5.41) is 7.89. The SMILES string of the molecule is [B]c1cnn2c(NC3CCN(C(=O)CCOc4ccccc4)CC3)cc(C3=CC=CCC3Cl)nc12. The molecule has 2 aliphatic rings. The van der Waals surface area contributed by atoms with E-state index in [4.69, 9.17) is 29.2 Å². The summed E-state index contributed by atoms with van der Waals surface area (Å²) in [6.45, 7) is 1.78. The molecule has 5 rings (SSSR count). The molecule has 0 saturated carbocycles. The average Bonchev–Trinajstić information content (AvgIpc) is 3.26. The predicted molar refractivity (Wildman–Crippen MR) is 140 cm³/mol. The lowest BCUT2D eigenvalue weighted by Crippen LogP contribution is -2.43. The van der Waals surface area contributed by atoms with Gasteiger partial charge in [0.2, 0.25) is 5.91 Å². The first-order valence-electron chi connectivity index (χ1n) is 12.0. The van der Waals surface area contributed by atoms with Crippen molar-refractivity contribution in [3.8, 4) is 5.75 Å². The normalized spacial score (nSPS) is 18.5. The lowest BCUT2D eigenvalue weighted by atomic mass is 9.99. The number of halogens is 1. The molecule has 1 atom stereocenters. The Labute approximate surface area is 211 Å². The molecule has 35 heavy (non-hydrogen) atoms. The van der Waals surface area contributed by atoms with Gasteiger partial charge in [0.15, 0.2) is 5.65 Å². The molecule has 0 spiro atoms. The number of fused-ring (bicyclic) bond motifs is 1. The molecule has 1 amide bonds. The molecule has 9 heteroatoms. The van der Waals surface area contributed by atoms with Crippen LogP contribution >= 0.6 is 11.6 Å². The minimum absolute atomic E-state index is 0.123. The van der Waals surface area contributed by atoms with Gasteiger partial charge in [0, 0.05) is 31.4 Å². The number of nitrogens with one attached hydrogen (secondary N) is 1. The molecule has 1 unspecified atom stereocenters. The lowest BCUT2D eigenvalue weighted by molar-refractivity contribution is -0.132. The van der Waals surface area contributed by atoms with Crippen molar-refractivity contribution in [1.82, 2.24) is 19.5 Å². The van der Waals surface area contributed by atoms with E-state index in [2.05, 4.69) is 16.5 Å². The number of nitrogens with zero attached hydrogens (tertiary/aromatic N) is 4. The molecule has 0 bridgehead atoms. The Morgan fingerprint density at radius 2 is 2.03 bits per heavy atom. The third-order valence-electron chi connectivity index (χ3n) is 6.41. The molecule has 3 aromatic rings. The molecular weight excluding hydrogens is 461 g/mol. The summed E-state index contributed by atoms with van der Waals surface area (Å²) in [7, 11) is 6.15. The molecule has 1 aliphatic carbocycles. The van der Waals surface area contributed by atoms with Crippen molar-refractivity contribution in [3.63, 3.8) is 0 Å². The van der Waals surface area contributed by atoms with Gasteiger partial charge in [-0.2, -0.15) is 9.61 Å². The molecular formula is C26H27BClN5O2. The Morgan fingerprint density at radius 3 is 2.80 bits per heavy atom. The number of amides is 1. The number of carbonyl (C=O) groups is 1. The number of rotatable bonds is 7. The number of likely N-dealkylation sites (tertiary alicyclic amines) is 1. The zero-order valence-electron chi connectivity index (χ0n) is 19.4. The molecule has 1 fully saturated rings. The maximum Gasteiger partial charge on any atom is 0.225 e. The van der Waals surface area contributed by atoms with Crippen LogP contribution in [0.1, 0.15) is 31.4 Å². The maximum absolute atomic E-state index is 12.6. The Kier molecular flexibility index (Phi) is 7.09. The molecule has 178 valence electrons. The van der Waals surface area contributed by atoms with Crippen molar-refractivity contribution in [3.05, 3.63) is 66.5 Å². The smallest absolute Gasteiger partial charge is 0.225 e. The molecule has 1 N–H and O–H groups in total. The van der Waals surface area contributed by atoms with E-state index < -0.39 is 0 Å². The number of ether oxygens (including phenoxy) is 1. The fourth-order valence-corrected chi connectivity index (χ4v) is 4.78. The molecule has 1 aromatic carbocycles. The quantitative estimate of drug-likeness (QED) is 0.409. The van der Waals surface area contributed by atoms with E-state index in [1.54, 1.807) is 10.7 Å². The second-order valence-electron chi connectivity index (χ2n) is 8.83. The third-order valence-corrected chi connectivity index (χ3v) is 6.83. The first kappa shape index (κ1) is 23.5. The van der Waals surface area contributed by atoms with Crippen molar-refractivity contribution in [2.24, 2.45) is 0 Å². The van der Waals surface area contributed by atoms with Gasteiger partial charge in [0.1, 0.15) is 19.4 Å². The number of hydrogen-bond acceptors (Lipinski definition) is 5. The van der Waals surface area contributed by atoms with Gasteiger partial charge >= 0.3 is 0 Å². The highest BCUT2D eigenvalue weighted by Crippen LogP contribution is 2.29. The van der Waals surface area contributed by atoms with Gasteiger partial charge in [-0.1, -0.05) is 36.4 Å².